The van der Waals surface area contributed by atoms with Crippen LogP contribution in [-0.4, -0.2) is 24.5 Å². The summed E-state index contributed by atoms with van der Waals surface area (Å²) >= 11 is 6.53. The van der Waals surface area contributed by atoms with Gasteiger partial charge in [0.05, 0.1) is 0 Å². The Labute approximate surface area is 127 Å². The average Bonchev–Trinajstić information content (AvgIpc) is 2.42. The second kappa shape index (κ2) is 6.05. The fourth-order valence-electron chi connectivity index (χ4n) is 3.58. The molecule has 1 aromatic rings. The molecule has 0 amide bonds. The van der Waals surface area contributed by atoms with Crippen LogP contribution < -0.4 is 5.73 Å². The molecule has 2 aliphatic rings. The van der Waals surface area contributed by atoms with Gasteiger partial charge in [0.15, 0.2) is 0 Å². The highest BCUT2D eigenvalue weighted by molar-refractivity contribution is 6.31. The largest absolute Gasteiger partial charge is 0.330 e. The van der Waals surface area contributed by atoms with Crippen LogP contribution in [-0.2, 0) is 12.0 Å². The van der Waals surface area contributed by atoms with Gasteiger partial charge in [-0.3, -0.25) is 4.90 Å². The summed E-state index contributed by atoms with van der Waals surface area (Å²) in [6.07, 6.45) is 7.75. The van der Waals surface area contributed by atoms with E-state index in [0.717, 1.165) is 18.1 Å². The van der Waals surface area contributed by atoms with E-state index in [-0.39, 0.29) is 5.41 Å². The third-order valence-corrected chi connectivity index (χ3v) is 5.56. The quantitative estimate of drug-likeness (QED) is 0.917. The predicted octanol–water partition coefficient (Wildman–Crippen LogP) is 3.71. The Kier molecular flexibility index (Phi) is 4.34. The van der Waals surface area contributed by atoms with Crippen molar-refractivity contribution >= 4 is 11.6 Å². The lowest BCUT2D eigenvalue weighted by Crippen LogP contribution is -2.41. The van der Waals surface area contributed by atoms with E-state index in [4.69, 9.17) is 17.3 Å². The molecule has 0 unspecified atom stereocenters. The summed E-state index contributed by atoms with van der Waals surface area (Å²) < 4.78 is 0. The molecule has 2 fully saturated rings. The number of nitrogens with zero attached hydrogens (tertiary/aromatic N) is 1. The lowest BCUT2D eigenvalue weighted by atomic mass is 9.64. The lowest BCUT2D eigenvalue weighted by molar-refractivity contribution is 0.220. The van der Waals surface area contributed by atoms with Crippen molar-refractivity contribution in [3.8, 4) is 0 Å². The standard InChI is InChI=1S/C17H25ClN2/c18-16-11-15(17(13-19)7-4-8-17)6-5-14(16)12-20-9-2-1-3-10-20/h5-6,11H,1-4,7-10,12-13,19H2. The van der Waals surface area contributed by atoms with Crippen LogP contribution in [0.3, 0.4) is 0 Å². The molecule has 110 valence electrons. The number of halogens is 1. The Morgan fingerprint density at radius 3 is 2.40 bits per heavy atom. The van der Waals surface area contributed by atoms with E-state index in [9.17, 15) is 0 Å². The van der Waals surface area contributed by atoms with Crippen LogP contribution in [0, 0.1) is 0 Å². The monoisotopic (exact) mass is 292 g/mol. The highest BCUT2D eigenvalue weighted by Gasteiger charge is 2.37. The van der Waals surface area contributed by atoms with E-state index < -0.39 is 0 Å². The second-order valence-electron chi connectivity index (χ2n) is 6.48. The highest BCUT2D eigenvalue weighted by Crippen LogP contribution is 2.43. The predicted molar refractivity (Wildman–Crippen MR) is 85.2 cm³/mol. The zero-order valence-corrected chi connectivity index (χ0v) is 13.0. The van der Waals surface area contributed by atoms with E-state index in [1.807, 2.05) is 0 Å². The number of rotatable bonds is 4. The first-order valence-corrected chi connectivity index (χ1v) is 8.33. The van der Waals surface area contributed by atoms with Gasteiger partial charge in [-0.15, -0.1) is 0 Å². The maximum Gasteiger partial charge on any atom is 0.0453 e. The molecule has 0 spiro atoms. The number of benzene rings is 1. The number of hydrogen-bond acceptors (Lipinski definition) is 2. The molecule has 1 aliphatic carbocycles. The smallest absolute Gasteiger partial charge is 0.0453 e. The number of likely N-dealkylation sites (tertiary alicyclic amines) is 1. The molecule has 1 heterocycles. The highest BCUT2D eigenvalue weighted by atomic mass is 35.5. The van der Waals surface area contributed by atoms with Gasteiger partial charge in [-0.25, -0.2) is 0 Å². The van der Waals surface area contributed by atoms with Gasteiger partial charge in [0.25, 0.3) is 0 Å². The van der Waals surface area contributed by atoms with Gasteiger partial charge in [-0.1, -0.05) is 36.6 Å². The first-order chi connectivity index (χ1) is 9.73. The molecule has 1 aliphatic heterocycles. The summed E-state index contributed by atoms with van der Waals surface area (Å²) in [5.74, 6) is 0. The Balaban J connectivity index is 1.73. The summed E-state index contributed by atoms with van der Waals surface area (Å²) in [4.78, 5) is 2.52. The topological polar surface area (TPSA) is 29.3 Å². The molecule has 0 bridgehead atoms. The summed E-state index contributed by atoms with van der Waals surface area (Å²) in [6.45, 7) is 4.17. The fourth-order valence-corrected chi connectivity index (χ4v) is 3.82. The van der Waals surface area contributed by atoms with Crippen LogP contribution in [0.25, 0.3) is 0 Å². The number of nitrogens with two attached hydrogens (primary N) is 1. The van der Waals surface area contributed by atoms with Gasteiger partial charge in [0.1, 0.15) is 0 Å². The molecule has 0 radical (unpaired) electrons. The van der Waals surface area contributed by atoms with Crippen LogP contribution in [0.2, 0.25) is 5.02 Å². The van der Waals surface area contributed by atoms with E-state index >= 15 is 0 Å². The summed E-state index contributed by atoms with van der Waals surface area (Å²) in [6, 6.07) is 6.66. The van der Waals surface area contributed by atoms with Crippen LogP contribution in [0.1, 0.15) is 49.7 Å². The first kappa shape index (κ1) is 14.4. The number of hydrogen-bond donors (Lipinski definition) is 1. The van der Waals surface area contributed by atoms with Crippen molar-refractivity contribution in [3.05, 3.63) is 34.3 Å². The van der Waals surface area contributed by atoms with Crippen molar-refractivity contribution in [1.29, 1.82) is 0 Å². The third kappa shape index (κ3) is 2.74. The molecule has 1 saturated heterocycles. The fraction of sp³-hybridized carbons (Fsp3) is 0.647. The maximum absolute atomic E-state index is 6.53. The molecule has 1 saturated carbocycles. The minimum Gasteiger partial charge on any atom is -0.330 e. The molecular weight excluding hydrogens is 268 g/mol. The molecule has 20 heavy (non-hydrogen) atoms. The Morgan fingerprint density at radius 1 is 1.10 bits per heavy atom. The molecule has 2 nitrogen and oxygen atoms in total. The van der Waals surface area contributed by atoms with E-state index in [2.05, 4.69) is 23.1 Å². The van der Waals surface area contributed by atoms with Crippen LogP contribution in [0.5, 0.6) is 0 Å². The van der Waals surface area contributed by atoms with Crippen molar-refractivity contribution in [2.75, 3.05) is 19.6 Å². The van der Waals surface area contributed by atoms with Crippen molar-refractivity contribution in [2.24, 2.45) is 5.73 Å². The molecule has 1 aromatic carbocycles. The molecular formula is C17H25ClN2. The van der Waals surface area contributed by atoms with Gasteiger partial charge in [-0.05, 0) is 56.0 Å². The Bertz CT molecular complexity index is 457. The Morgan fingerprint density at radius 2 is 1.85 bits per heavy atom. The molecule has 3 rings (SSSR count). The van der Waals surface area contributed by atoms with E-state index in [1.54, 1.807) is 0 Å². The lowest BCUT2D eigenvalue weighted by Gasteiger charge is -2.41. The van der Waals surface area contributed by atoms with Crippen molar-refractivity contribution in [2.45, 2.75) is 50.5 Å². The summed E-state index contributed by atoms with van der Waals surface area (Å²) in [5, 5.41) is 0.924. The molecule has 2 N–H and O–H groups in total. The third-order valence-electron chi connectivity index (χ3n) is 5.21. The van der Waals surface area contributed by atoms with Gasteiger partial charge < -0.3 is 5.73 Å². The van der Waals surface area contributed by atoms with Crippen LogP contribution >= 0.6 is 11.6 Å². The summed E-state index contributed by atoms with van der Waals surface area (Å²) in [5.41, 5.74) is 8.82. The SMILES string of the molecule is NCC1(c2ccc(CN3CCCCC3)c(Cl)c2)CCC1. The molecule has 3 heteroatoms. The zero-order valence-electron chi connectivity index (χ0n) is 12.2. The van der Waals surface area contributed by atoms with Crippen molar-refractivity contribution in [3.63, 3.8) is 0 Å². The minimum absolute atomic E-state index is 0.216. The second-order valence-corrected chi connectivity index (χ2v) is 6.89. The molecule has 0 aromatic heterocycles. The van der Waals surface area contributed by atoms with Crippen molar-refractivity contribution < 1.29 is 0 Å². The van der Waals surface area contributed by atoms with E-state index in [1.165, 1.54) is 62.7 Å². The number of piperidine rings is 1. The normalized spacial score (nSPS) is 22.5. The zero-order chi connectivity index (χ0) is 14.0. The van der Waals surface area contributed by atoms with E-state index in [0.29, 0.717) is 0 Å². The molecule has 0 atom stereocenters. The van der Waals surface area contributed by atoms with Crippen molar-refractivity contribution in [1.82, 2.24) is 4.90 Å². The van der Waals surface area contributed by atoms with Gasteiger partial charge in [0.2, 0.25) is 0 Å². The van der Waals surface area contributed by atoms with Crippen LogP contribution in [0.4, 0.5) is 0 Å². The van der Waals surface area contributed by atoms with Gasteiger partial charge in [0, 0.05) is 23.5 Å². The van der Waals surface area contributed by atoms with Gasteiger partial charge >= 0.3 is 0 Å². The average molecular weight is 293 g/mol. The minimum atomic E-state index is 0.216. The van der Waals surface area contributed by atoms with Crippen LogP contribution in [0.15, 0.2) is 18.2 Å². The van der Waals surface area contributed by atoms with Gasteiger partial charge in [-0.2, -0.15) is 0 Å². The maximum atomic E-state index is 6.53. The first-order valence-electron chi connectivity index (χ1n) is 7.95. The Hall–Kier alpha value is -0.570. The summed E-state index contributed by atoms with van der Waals surface area (Å²) in [7, 11) is 0.